The second kappa shape index (κ2) is 4.37. The van der Waals surface area contributed by atoms with Gasteiger partial charge in [-0.15, -0.1) is 0 Å². The topological polar surface area (TPSA) is 67.6 Å². The van der Waals surface area contributed by atoms with E-state index in [0.29, 0.717) is 17.9 Å². The first-order chi connectivity index (χ1) is 7.70. The summed E-state index contributed by atoms with van der Waals surface area (Å²) in [6.07, 6.45) is 1.48. The molecule has 16 heavy (non-hydrogen) atoms. The molecule has 0 aliphatic carbocycles. The normalized spacial score (nSPS) is 10.0. The molecule has 1 heterocycles. The first-order valence-electron chi connectivity index (χ1n) is 4.66. The van der Waals surface area contributed by atoms with Crippen molar-refractivity contribution in [1.82, 2.24) is 9.78 Å². The molecule has 0 saturated heterocycles. The molecule has 0 radical (unpaired) electrons. The van der Waals surface area contributed by atoms with Crippen LogP contribution in [0.3, 0.4) is 0 Å². The van der Waals surface area contributed by atoms with Gasteiger partial charge in [0.15, 0.2) is 0 Å². The smallest absolute Gasteiger partial charge is 0.140 e. The monoisotopic (exact) mass is 276 g/mol. The summed E-state index contributed by atoms with van der Waals surface area (Å²) in [6.45, 7) is 0.562. The van der Waals surface area contributed by atoms with Crippen molar-refractivity contribution in [3.8, 4) is 6.07 Å². The van der Waals surface area contributed by atoms with Crippen LogP contribution in [0, 0.1) is 11.3 Å². The summed E-state index contributed by atoms with van der Waals surface area (Å²) < 4.78 is 2.62. The molecule has 2 N–H and O–H groups in total. The van der Waals surface area contributed by atoms with Crippen LogP contribution in [0.4, 0.5) is 5.82 Å². The van der Waals surface area contributed by atoms with Crippen LogP contribution >= 0.6 is 15.9 Å². The molecule has 0 amide bonds. The fraction of sp³-hybridized carbons (Fsp3) is 0.0909. The third kappa shape index (κ3) is 2.07. The van der Waals surface area contributed by atoms with E-state index in [0.717, 1.165) is 10.0 Å². The van der Waals surface area contributed by atoms with Gasteiger partial charge < -0.3 is 5.73 Å². The minimum absolute atomic E-state index is 0.405. The van der Waals surface area contributed by atoms with Gasteiger partial charge in [-0.2, -0.15) is 10.4 Å². The maximum atomic E-state index is 8.75. The number of nitriles is 1. The van der Waals surface area contributed by atoms with E-state index in [2.05, 4.69) is 21.0 Å². The highest BCUT2D eigenvalue weighted by Gasteiger charge is 2.06. The fourth-order valence-corrected chi connectivity index (χ4v) is 1.86. The van der Waals surface area contributed by atoms with Crippen molar-refractivity contribution in [2.45, 2.75) is 6.54 Å². The van der Waals surface area contributed by atoms with Crippen molar-refractivity contribution in [1.29, 1.82) is 5.26 Å². The predicted molar refractivity (Wildman–Crippen MR) is 64.6 cm³/mol. The molecule has 0 bridgehead atoms. The zero-order chi connectivity index (χ0) is 11.5. The molecule has 4 nitrogen and oxygen atoms in total. The molecule has 80 valence electrons. The highest BCUT2D eigenvalue weighted by atomic mass is 79.9. The van der Waals surface area contributed by atoms with Crippen LogP contribution in [0.2, 0.25) is 0 Å². The summed E-state index contributed by atoms with van der Waals surface area (Å²) in [5, 5.41) is 12.8. The molecular formula is C11H9BrN4. The predicted octanol–water partition coefficient (Wildman–Crippen LogP) is 2.15. The lowest BCUT2D eigenvalue weighted by Gasteiger charge is -2.04. The average molecular weight is 277 g/mol. The van der Waals surface area contributed by atoms with E-state index in [1.807, 2.05) is 30.3 Å². The van der Waals surface area contributed by atoms with E-state index < -0.39 is 0 Å². The van der Waals surface area contributed by atoms with Crippen LogP contribution < -0.4 is 5.73 Å². The first kappa shape index (κ1) is 10.7. The van der Waals surface area contributed by atoms with Gasteiger partial charge in [-0.25, -0.2) is 4.68 Å². The number of nitrogens with two attached hydrogens (primary N) is 1. The minimum atomic E-state index is 0.405. The van der Waals surface area contributed by atoms with Gasteiger partial charge in [0, 0.05) is 4.47 Å². The van der Waals surface area contributed by atoms with E-state index in [-0.39, 0.29) is 0 Å². The first-order valence-corrected chi connectivity index (χ1v) is 5.46. The molecule has 0 saturated carbocycles. The van der Waals surface area contributed by atoms with E-state index >= 15 is 0 Å². The lowest BCUT2D eigenvalue weighted by molar-refractivity contribution is 0.697. The van der Waals surface area contributed by atoms with Crippen molar-refractivity contribution in [3.63, 3.8) is 0 Å². The fourth-order valence-electron chi connectivity index (χ4n) is 1.42. The third-order valence-corrected chi connectivity index (χ3v) is 2.72. The Kier molecular flexibility index (Phi) is 2.93. The number of benzene rings is 1. The molecule has 0 aliphatic rings. The molecular weight excluding hydrogens is 268 g/mol. The van der Waals surface area contributed by atoms with Gasteiger partial charge in [-0.3, -0.25) is 0 Å². The largest absolute Gasteiger partial charge is 0.383 e. The van der Waals surface area contributed by atoms with E-state index in [9.17, 15) is 0 Å². The van der Waals surface area contributed by atoms with E-state index in [1.54, 1.807) is 4.68 Å². The molecule has 0 atom stereocenters. The Labute approximate surface area is 101 Å². The van der Waals surface area contributed by atoms with Crippen molar-refractivity contribution in [2.24, 2.45) is 0 Å². The second-order valence-electron chi connectivity index (χ2n) is 3.34. The molecule has 0 aliphatic heterocycles. The minimum Gasteiger partial charge on any atom is -0.383 e. The lowest BCUT2D eigenvalue weighted by Crippen LogP contribution is -2.06. The molecule has 2 aromatic rings. The number of nitrogens with zero attached hydrogens (tertiary/aromatic N) is 3. The van der Waals surface area contributed by atoms with Crippen molar-refractivity contribution >= 4 is 21.7 Å². The molecule has 0 spiro atoms. The Morgan fingerprint density at radius 2 is 2.31 bits per heavy atom. The summed E-state index contributed by atoms with van der Waals surface area (Å²) in [5.41, 5.74) is 7.26. The molecule has 1 aromatic heterocycles. The van der Waals surface area contributed by atoms with Crippen molar-refractivity contribution < 1.29 is 0 Å². The van der Waals surface area contributed by atoms with Crippen molar-refractivity contribution in [3.05, 3.63) is 46.1 Å². The summed E-state index contributed by atoms with van der Waals surface area (Å²) in [4.78, 5) is 0. The van der Waals surface area contributed by atoms with E-state index in [1.165, 1.54) is 6.20 Å². The number of nitrogen functional groups attached to an aromatic ring is 1. The molecule has 0 fully saturated rings. The van der Waals surface area contributed by atoms with Gasteiger partial charge in [0.2, 0.25) is 0 Å². The third-order valence-electron chi connectivity index (χ3n) is 2.22. The molecule has 0 unspecified atom stereocenters. The summed E-state index contributed by atoms with van der Waals surface area (Å²) in [5.74, 6) is 0.405. The van der Waals surface area contributed by atoms with Gasteiger partial charge in [0.05, 0.1) is 12.7 Å². The maximum Gasteiger partial charge on any atom is 0.140 e. The van der Waals surface area contributed by atoms with Gasteiger partial charge >= 0.3 is 0 Å². The highest BCUT2D eigenvalue weighted by molar-refractivity contribution is 9.10. The van der Waals surface area contributed by atoms with Crippen LogP contribution in [0.5, 0.6) is 0 Å². The maximum absolute atomic E-state index is 8.75. The molecule has 1 aromatic carbocycles. The number of aromatic nitrogens is 2. The highest BCUT2D eigenvalue weighted by Crippen LogP contribution is 2.15. The average Bonchev–Trinajstić information content (AvgIpc) is 2.60. The van der Waals surface area contributed by atoms with Gasteiger partial charge in [-0.05, 0) is 17.7 Å². The SMILES string of the molecule is N#Cc1cnn(Cc2cccc(Br)c2)c1N. The van der Waals surface area contributed by atoms with E-state index in [4.69, 9.17) is 11.0 Å². The Morgan fingerprint density at radius 3 is 2.94 bits per heavy atom. The standard InChI is InChI=1S/C11H9BrN4/c12-10-3-1-2-8(4-10)7-16-11(14)9(5-13)6-15-16/h1-4,6H,7,14H2. The van der Waals surface area contributed by atoms with Gasteiger partial charge in [0.25, 0.3) is 0 Å². The van der Waals surface area contributed by atoms with Crippen LogP contribution in [-0.4, -0.2) is 9.78 Å². The summed E-state index contributed by atoms with van der Waals surface area (Å²) in [6, 6.07) is 9.88. The molecule has 5 heteroatoms. The number of halogens is 1. The van der Waals surface area contributed by atoms with Gasteiger partial charge in [0.1, 0.15) is 17.5 Å². The van der Waals surface area contributed by atoms with Crippen molar-refractivity contribution in [2.75, 3.05) is 5.73 Å². The van der Waals surface area contributed by atoms with Crippen LogP contribution in [0.25, 0.3) is 0 Å². The summed E-state index contributed by atoms with van der Waals surface area (Å²) >= 11 is 3.40. The Hall–Kier alpha value is -1.80. The Bertz CT molecular complexity index is 553. The second-order valence-corrected chi connectivity index (χ2v) is 4.26. The Balaban J connectivity index is 2.28. The number of hydrogen-bond donors (Lipinski definition) is 1. The van der Waals surface area contributed by atoms with Crippen LogP contribution in [0.1, 0.15) is 11.1 Å². The van der Waals surface area contributed by atoms with Gasteiger partial charge in [-0.1, -0.05) is 28.1 Å². The lowest BCUT2D eigenvalue weighted by atomic mass is 10.2. The summed E-state index contributed by atoms with van der Waals surface area (Å²) in [7, 11) is 0. The molecule has 2 rings (SSSR count). The van der Waals surface area contributed by atoms with Crippen LogP contribution in [0.15, 0.2) is 34.9 Å². The number of anilines is 1. The Morgan fingerprint density at radius 1 is 1.50 bits per heavy atom. The quantitative estimate of drug-likeness (QED) is 0.914. The number of rotatable bonds is 2. The zero-order valence-electron chi connectivity index (χ0n) is 8.39. The van der Waals surface area contributed by atoms with Crippen LogP contribution in [-0.2, 0) is 6.54 Å². The zero-order valence-corrected chi connectivity index (χ0v) is 9.98. The number of hydrogen-bond acceptors (Lipinski definition) is 3.